The molecule has 1 amide bonds. The van der Waals surface area contributed by atoms with Crippen LogP contribution >= 0.6 is 0 Å². The zero-order valence-corrected chi connectivity index (χ0v) is 27.2. The smallest absolute Gasteiger partial charge is 0.346 e. The van der Waals surface area contributed by atoms with Crippen LogP contribution in [-0.2, 0) is 46.2 Å². The number of benzene rings is 2. The molecule has 0 radical (unpaired) electrons. The van der Waals surface area contributed by atoms with E-state index in [2.05, 4.69) is 54.9 Å². The standard InChI is InChI=1S/C33H46N4O5S/c1-7-36-29(34-37(31(36)39)23-25-15-19-26(20-16-25)32(2,3)4)14-10-11-24-17-21-27(22-18-24)42-33(5,6)30(38)35-43(40,41)28-12-8-9-13-28/h15-22,28H,7-14,23H2,1-6H3,(H,35,38). The highest BCUT2D eigenvalue weighted by Gasteiger charge is 2.37. The first-order valence-electron chi connectivity index (χ1n) is 15.3. The molecule has 0 aliphatic heterocycles. The van der Waals surface area contributed by atoms with Crippen LogP contribution in [0.3, 0.4) is 0 Å². The molecular formula is C33H46N4O5S. The van der Waals surface area contributed by atoms with E-state index in [0.717, 1.165) is 42.6 Å². The van der Waals surface area contributed by atoms with Crippen molar-refractivity contribution in [2.75, 3.05) is 0 Å². The molecular weight excluding hydrogens is 564 g/mol. The fourth-order valence-electron chi connectivity index (χ4n) is 5.42. The number of carbonyl (C=O) groups is 1. The maximum atomic E-state index is 13.0. The number of carbonyl (C=O) groups excluding carboxylic acids is 1. The molecule has 234 valence electrons. The lowest BCUT2D eigenvalue weighted by Gasteiger charge is -2.26. The molecule has 1 fully saturated rings. The highest BCUT2D eigenvalue weighted by molar-refractivity contribution is 7.90. The Morgan fingerprint density at radius 2 is 1.56 bits per heavy atom. The minimum absolute atomic E-state index is 0.0758. The summed E-state index contributed by atoms with van der Waals surface area (Å²) < 4.78 is 36.5. The lowest BCUT2D eigenvalue weighted by Crippen LogP contribution is -2.50. The van der Waals surface area contributed by atoms with Gasteiger partial charge in [-0.25, -0.2) is 22.6 Å². The Balaban J connectivity index is 1.32. The average molecular weight is 611 g/mol. The van der Waals surface area contributed by atoms with E-state index in [1.807, 2.05) is 19.1 Å². The van der Waals surface area contributed by atoms with Gasteiger partial charge >= 0.3 is 5.69 Å². The van der Waals surface area contributed by atoms with Gasteiger partial charge in [0, 0.05) is 13.0 Å². The molecule has 0 bridgehead atoms. The van der Waals surface area contributed by atoms with Crippen LogP contribution in [-0.4, -0.2) is 39.5 Å². The van der Waals surface area contributed by atoms with Crippen LogP contribution in [0.2, 0.25) is 0 Å². The van der Waals surface area contributed by atoms with Crippen molar-refractivity contribution in [1.82, 2.24) is 19.1 Å². The summed E-state index contributed by atoms with van der Waals surface area (Å²) in [4.78, 5) is 25.8. The molecule has 43 heavy (non-hydrogen) atoms. The molecule has 1 aliphatic rings. The van der Waals surface area contributed by atoms with Crippen LogP contribution in [0.4, 0.5) is 0 Å². The second-order valence-electron chi connectivity index (χ2n) is 13.0. The molecule has 0 spiro atoms. The molecule has 1 aliphatic carbocycles. The average Bonchev–Trinajstić information content (AvgIpc) is 3.58. The van der Waals surface area contributed by atoms with Crippen LogP contribution in [0, 0.1) is 0 Å². The van der Waals surface area contributed by atoms with Crippen LogP contribution in [0.1, 0.15) is 96.2 Å². The molecule has 0 atom stereocenters. The van der Waals surface area contributed by atoms with E-state index in [0.29, 0.717) is 38.1 Å². The summed E-state index contributed by atoms with van der Waals surface area (Å²) in [5.41, 5.74) is 2.00. The number of hydrogen-bond donors (Lipinski definition) is 1. The van der Waals surface area contributed by atoms with Crippen molar-refractivity contribution in [3.05, 3.63) is 81.5 Å². The Kier molecular flexibility index (Phi) is 9.89. The van der Waals surface area contributed by atoms with Gasteiger partial charge in [-0.1, -0.05) is 70.0 Å². The third kappa shape index (κ3) is 8.16. The predicted octanol–water partition coefficient (Wildman–Crippen LogP) is 5.13. The maximum Gasteiger partial charge on any atom is 0.346 e. The third-order valence-corrected chi connectivity index (χ3v) is 9.97. The van der Waals surface area contributed by atoms with Gasteiger partial charge in [0.05, 0.1) is 11.8 Å². The molecule has 4 rings (SSSR count). The van der Waals surface area contributed by atoms with Gasteiger partial charge in [-0.05, 0) is 80.7 Å². The highest BCUT2D eigenvalue weighted by atomic mass is 32.2. The summed E-state index contributed by atoms with van der Waals surface area (Å²) in [5, 5.41) is 4.15. The van der Waals surface area contributed by atoms with Gasteiger partial charge in [0.15, 0.2) is 5.60 Å². The predicted molar refractivity (Wildman–Crippen MR) is 169 cm³/mol. The van der Waals surface area contributed by atoms with Gasteiger partial charge in [0.1, 0.15) is 11.6 Å². The van der Waals surface area contributed by atoms with Gasteiger partial charge in [-0.15, -0.1) is 0 Å². The normalized spacial score (nSPS) is 14.7. The number of sulfonamides is 1. The van der Waals surface area contributed by atoms with Gasteiger partial charge < -0.3 is 4.74 Å². The molecule has 1 N–H and O–H groups in total. The lowest BCUT2D eigenvalue weighted by atomic mass is 9.87. The Morgan fingerprint density at radius 3 is 2.14 bits per heavy atom. The van der Waals surface area contributed by atoms with Gasteiger partial charge in [-0.2, -0.15) is 5.10 Å². The number of nitrogens with one attached hydrogen (secondary N) is 1. The quantitative estimate of drug-likeness (QED) is 0.304. The van der Waals surface area contributed by atoms with Crippen molar-refractivity contribution in [2.45, 2.75) is 116 Å². The van der Waals surface area contributed by atoms with E-state index >= 15 is 0 Å². The number of rotatable bonds is 12. The second kappa shape index (κ2) is 13.1. The molecule has 1 saturated carbocycles. The zero-order valence-electron chi connectivity index (χ0n) is 26.4. The van der Waals surface area contributed by atoms with Crippen LogP contribution in [0.25, 0.3) is 0 Å². The monoisotopic (exact) mass is 610 g/mol. The Hall–Kier alpha value is -3.40. The van der Waals surface area contributed by atoms with E-state index in [-0.39, 0.29) is 11.1 Å². The zero-order chi connectivity index (χ0) is 31.4. The number of amides is 1. The van der Waals surface area contributed by atoms with Gasteiger partial charge in [-0.3, -0.25) is 9.36 Å². The summed E-state index contributed by atoms with van der Waals surface area (Å²) in [6, 6.07) is 15.8. The first-order valence-corrected chi connectivity index (χ1v) is 16.8. The van der Waals surface area contributed by atoms with Crippen LogP contribution in [0.15, 0.2) is 53.3 Å². The van der Waals surface area contributed by atoms with Crippen molar-refractivity contribution in [3.8, 4) is 5.75 Å². The van der Waals surface area contributed by atoms with Crippen molar-refractivity contribution in [1.29, 1.82) is 0 Å². The van der Waals surface area contributed by atoms with E-state index in [1.165, 1.54) is 5.56 Å². The largest absolute Gasteiger partial charge is 0.478 e. The fourth-order valence-corrected chi connectivity index (χ4v) is 7.05. The second-order valence-corrected chi connectivity index (χ2v) is 15.0. The van der Waals surface area contributed by atoms with Gasteiger partial charge in [0.2, 0.25) is 10.0 Å². The number of nitrogens with zero attached hydrogens (tertiary/aromatic N) is 3. The lowest BCUT2D eigenvalue weighted by molar-refractivity contribution is -0.132. The number of aromatic nitrogens is 3. The van der Waals surface area contributed by atoms with Crippen molar-refractivity contribution in [2.24, 2.45) is 0 Å². The molecule has 10 heteroatoms. The van der Waals surface area contributed by atoms with E-state index < -0.39 is 26.8 Å². The highest BCUT2D eigenvalue weighted by Crippen LogP contribution is 2.26. The van der Waals surface area contributed by atoms with Crippen LogP contribution < -0.4 is 15.1 Å². The molecule has 1 aromatic heterocycles. The van der Waals surface area contributed by atoms with Crippen molar-refractivity contribution in [3.63, 3.8) is 0 Å². The molecule has 0 saturated heterocycles. The Morgan fingerprint density at radius 1 is 0.953 bits per heavy atom. The molecule has 2 aromatic carbocycles. The SMILES string of the molecule is CCn1c(CCCc2ccc(OC(C)(C)C(=O)NS(=O)(=O)C3CCCC3)cc2)nn(Cc2ccc(C(C)(C)C)cc2)c1=O. The first kappa shape index (κ1) is 32.5. The topological polar surface area (TPSA) is 112 Å². The molecule has 9 nitrogen and oxygen atoms in total. The Bertz CT molecular complexity index is 1560. The van der Waals surface area contributed by atoms with E-state index in [4.69, 9.17) is 4.74 Å². The summed E-state index contributed by atoms with van der Waals surface area (Å²) >= 11 is 0. The van der Waals surface area contributed by atoms with Gasteiger partial charge in [0.25, 0.3) is 5.91 Å². The molecule has 3 aromatic rings. The van der Waals surface area contributed by atoms with E-state index in [1.54, 1.807) is 35.2 Å². The summed E-state index contributed by atoms with van der Waals surface area (Å²) in [5.74, 6) is 0.585. The minimum atomic E-state index is -3.71. The third-order valence-electron chi connectivity index (χ3n) is 8.15. The first-order chi connectivity index (χ1) is 20.2. The summed E-state index contributed by atoms with van der Waals surface area (Å²) in [6.07, 6.45) is 5.14. The molecule has 1 heterocycles. The maximum absolute atomic E-state index is 13.0. The number of ether oxygens (including phenoxy) is 1. The Labute approximate surface area is 255 Å². The number of hydrogen-bond acceptors (Lipinski definition) is 6. The van der Waals surface area contributed by atoms with Crippen LogP contribution in [0.5, 0.6) is 5.75 Å². The fraction of sp³-hybridized carbons (Fsp3) is 0.545. The van der Waals surface area contributed by atoms with E-state index in [9.17, 15) is 18.0 Å². The van der Waals surface area contributed by atoms with Crippen molar-refractivity contribution < 1.29 is 17.9 Å². The summed E-state index contributed by atoms with van der Waals surface area (Å²) in [7, 11) is -3.71. The number of aryl methyl sites for hydroxylation is 2. The minimum Gasteiger partial charge on any atom is -0.478 e. The van der Waals surface area contributed by atoms with Crippen molar-refractivity contribution >= 4 is 15.9 Å². The molecule has 0 unspecified atom stereocenters. The summed E-state index contributed by atoms with van der Waals surface area (Å²) in [6.45, 7) is 12.6.